The molecule has 1 saturated heterocycles. The van der Waals surface area contributed by atoms with Gasteiger partial charge in [-0.2, -0.15) is 0 Å². The van der Waals surface area contributed by atoms with Crippen molar-refractivity contribution in [2.45, 2.75) is 44.0 Å². The lowest BCUT2D eigenvalue weighted by atomic mass is 9.91. The fraction of sp³-hybridized carbons (Fsp3) is 0.562. The van der Waals surface area contributed by atoms with E-state index >= 15 is 0 Å². The minimum absolute atomic E-state index is 0.131. The summed E-state index contributed by atoms with van der Waals surface area (Å²) in [4.78, 5) is 14.2. The van der Waals surface area contributed by atoms with Gasteiger partial charge in [-0.25, -0.2) is 0 Å². The standard InChI is InChI=1S/C16H22N2O3/c1-21-14-5-3-2-4-13(14)16-17-10-15(20)18(16)11-6-8-12(19)9-7-11/h2-5,11-12,16-17,19H,6-10H2,1H3. The van der Waals surface area contributed by atoms with Crippen LogP contribution >= 0.6 is 0 Å². The van der Waals surface area contributed by atoms with Crippen molar-refractivity contribution in [1.82, 2.24) is 10.2 Å². The summed E-state index contributed by atoms with van der Waals surface area (Å²) in [5.41, 5.74) is 0.997. The number of para-hydroxylation sites is 1. The van der Waals surface area contributed by atoms with Crippen molar-refractivity contribution in [2.24, 2.45) is 0 Å². The van der Waals surface area contributed by atoms with Gasteiger partial charge in [-0.3, -0.25) is 10.1 Å². The topological polar surface area (TPSA) is 61.8 Å². The van der Waals surface area contributed by atoms with Gasteiger partial charge in [0.1, 0.15) is 11.9 Å². The summed E-state index contributed by atoms with van der Waals surface area (Å²) in [7, 11) is 1.65. The zero-order valence-corrected chi connectivity index (χ0v) is 12.3. The lowest BCUT2D eigenvalue weighted by molar-refractivity contribution is -0.131. The minimum Gasteiger partial charge on any atom is -0.496 e. The van der Waals surface area contributed by atoms with Crippen molar-refractivity contribution < 1.29 is 14.6 Å². The van der Waals surface area contributed by atoms with Crippen LogP contribution in [0.3, 0.4) is 0 Å². The number of carbonyl (C=O) groups excluding carboxylic acids is 1. The Morgan fingerprint density at radius 3 is 2.67 bits per heavy atom. The van der Waals surface area contributed by atoms with Gasteiger partial charge in [-0.1, -0.05) is 18.2 Å². The fourth-order valence-electron chi connectivity index (χ4n) is 3.42. The number of methoxy groups -OCH3 is 1. The van der Waals surface area contributed by atoms with Crippen LogP contribution < -0.4 is 10.1 Å². The average Bonchev–Trinajstić information content (AvgIpc) is 2.90. The Hall–Kier alpha value is -1.59. The molecule has 5 nitrogen and oxygen atoms in total. The van der Waals surface area contributed by atoms with Crippen LogP contribution in [0.4, 0.5) is 0 Å². The van der Waals surface area contributed by atoms with E-state index < -0.39 is 0 Å². The molecule has 3 rings (SSSR count). The highest BCUT2D eigenvalue weighted by Gasteiger charge is 2.39. The molecule has 5 heteroatoms. The third-order valence-electron chi connectivity index (χ3n) is 4.51. The molecule has 21 heavy (non-hydrogen) atoms. The lowest BCUT2D eigenvalue weighted by Crippen LogP contribution is -2.42. The van der Waals surface area contributed by atoms with Crippen molar-refractivity contribution in [2.75, 3.05) is 13.7 Å². The zero-order valence-electron chi connectivity index (χ0n) is 12.3. The second-order valence-corrected chi connectivity index (χ2v) is 5.79. The first-order valence-corrected chi connectivity index (χ1v) is 7.56. The van der Waals surface area contributed by atoms with Crippen molar-refractivity contribution >= 4 is 5.91 Å². The molecule has 2 fully saturated rings. The predicted octanol–water partition coefficient (Wildman–Crippen LogP) is 1.43. The Morgan fingerprint density at radius 2 is 1.95 bits per heavy atom. The second kappa shape index (κ2) is 6.03. The van der Waals surface area contributed by atoms with Crippen LogP contribution in [0.5, 0.6) is 5.75 Å². The molecule has 1 saturated carbocycles. The molecule has 1 heterocycles. The molecule has 2 N–H and O–H groups in total. The van der Waals surface area contributed by atoms with Gasteiger partial charge in [0.2, 0.25) is 5.91 Å². The third-order valence-corrected chi connectivity index (χ3v) is 4.51. The van der Waals surface area contributed by atoms with Gasteiger partial charge in [0.05, 0.1) is 19.8 Å². The van der Waals surface area contributed by atoms with Crippen molar-refractivity contribution in [1.29, 1.82) is 0 Å². The molecule has 1 aromatic rings. The number of aliphatic hydroxyl groups excluding tert-OH is 1. The Morgan fingerprint density at radius 1 is 1.24 bits per heavy atom. The normalized spacial score (nSPS) is 29.7. The van der Waals surface area contributed by atoms with E-state index in [1.807, 2.05) is 29.2 Å². The van der Waals surface area contributed by atoms with Crippen molar-refractivity contribution in [3.05, 3.63) is 29.8 Å². The van der Waals surface area contributed by atoms with E-state index in [4.69, 9.17) is 4.74 Å². The fourth-order valence-corrected chi connectivity index (χ4v) is 3.42. The molecule has 1 aromatic carbocycles. The number of nitrogens with one attached hydrogen (secondary N) is 1. The highest BCUT2D eigenvalue weighted by atomic mass is 16.5. The molecule has 1 atom stereocenters. The number of nitrogens with zero attached hydrogens (tertiary/aromatic N) is 1. The Kier molecular flexibility index (Phi) is 4.12. The van der Waals surface area contributed by atoms with Gasteiger partial charge < -0.3 is 14.7 Å². The number of benzene rings is 1. The van der Waals surface area contributed by atoms with Crippen LogP contribution in [0.15, 0.2) is 24.3 Å². The summed E-state index contributed by atoms with van der Waals surface area (Å²) in [6.07, 6.45) is 2.92. The number of amides is 1. The number of hydrogen-bond acceptors (Lipinski definition) is 4. The monoisotopic (exact) mass is 290 g/mol. The number of hydrogen-bond donors (Lipinski definition) is 2. The molecule has 0 bridgehead atoms. The Balaban J connectivity index is 1.85. The SMILES string of the molecule is COc1ccccc1C1NCC(=O)N1C1CCC(O)CC1. The molecule has 1 aliphatic heterocycles. The minimum atomic E-state index is -0.211. The molecular weight excluding hydrogens is 268 g/mol. The van der Waals surface area contributed by atoms with E-state index in [1.54, 1.807) is 7.11 Å². The third kappa shape index (κ3) is 2.76. The maximum atomic E-state index is 12.3. The van der Waals surface area contributed by atoms with E-state index in [2.05, 4.69) is 5.32 Å². The maximum Gasteiger partial charge on any atom is 0.238 e. The Bertz CT molecular complexity index is 512. The number of rotatable bonds is 3. The Labute approximate surface area is 124 Å². The van der Waals surface area contributed by atoms with Gasteiger partial charge in [0.25, 0.3) is 0 Å². The van der Waals surface area contributed by atoms with Crippen LogP contribution in [0.25, 0.3) is 0 Å². The second-order valence-electron chi connectivity index (χ2n) is 5.79. The van der Waals surface area contributed by atoms with E-state index in [0.717, 1.165) is 37.0 Å². The number of aliphatic hydroxyl groups is 1. The molecular formula is C16H22N2O3. The predicted molar refractivity (Wildman–Crippen MR) is 78.8 cm³/mol. The first kappa shape index (κ1) is 14.4. The van der Waals surface area contributed by atoms with Crippen LogP contribution in [0, 0.1) is 0 Å². The lowest BCUT2D eigenvalue weighted by Gasteiger charge is -2.37. The van der Waals surface area contributed by atoms with Crippen molar-refractivity contribution in [3.8, 4) is 5.75 Å². The van der Waals surface area contributed by atoms with Gasteiger partial charge in [0, 0.05) is 11.6 Å². The molecule has 1 amide bonds. The maximum absolute atomic E-state index is 12.3. The average molecular weight is 290 g/mol. The summed E-state index contributed by atoms with van der Waals surface area (Å²) in [5, 5.41) is 13.0. The van der Waals surface area contributed by atoms with E-state index in [0.29, 0.717) is 6.54 Å². The summed E-state index contributed by atoms with van der Waals surface area (Å²) < 4.78 is 5.43. The summed E-state index contributed by atoms with van der Waals surface area (Å²) in [6.45, 7) is 0.363. The molecule has 0 spiro atoms. The van der Waals surface area contributed by atoms with Crippen LogP contribution in [0.2, 0.25) is 0 Å². The highest BCUT2D eigenvalue weighted by molar-refractivity contribution is 5.81. The van der Waals surface area contributed by atoms with Crippen LogP contribution in [0.1, 0.15) is 37.4 Å². The quantitative estimate of drug-likeness (QED) is 0.884. The summed E-state index contributed by atoms with van der Waals surface area (Å²) >= 11 is 0. The van der Waals surface area contributed by atoms with Crippen LogP contribution in [-0.4, -0.2) is 41.7 Å². The zero-order chi connectivity index (χ0) is 14.8. The number of carbonyl (C=O) groups is 1. The van der Waals surface area contributed by atoms with Crippen molar-refractivity contribution in [3.63, 3.8) is 0 Å². The summed E-state index contributed by atoms with van der Waals surface area (Å²) in [5.74, 6) is 0.929. The summed E-state index contributed by atoms with van der Waals surface area (Å²) in [6, 6.07) is 8.01. The first-order chi connectivity index (χ1) is 10.2. The van der Waals surface area contributed by atoms with Crippen LogP contribution in [-0.2, 0) is 4.79 Å². The number of ether oxygens (including phenoxy) is 1. The molecule has 0 radical (unpaired) electrons. The molecule has 2 aliphatic rings. The van der Waals surface area contributed by atoms with E-state index in [1.165, 1.54) is 0 Å². The van der Waals surface area contributed by atoms with Gasteiger partial charge in [-0.05, 0) is 31.7 Å². The van der Waals surface area contributed by atoms with Gasteiger partial charge in [-0.15, -0.1) is 0 Å². The van der Waals surface area contributed by atoms with Gasteiger partial charge >= 0.3 is 0 Å². The van der Waals surface area contributed by atoms with Gasteiger partial charge in [0.15, 0.2) is 0 Å². The highest BCUT2D eigenvalue weighted by Crippen LogP contribution is 2.35. The molecule has 1 unspecified atom stereocenters. The van der Waals surface area contributed by atoms with E-state index in [-0.39, 0.29) is 24.2 Å². The molecule has 1 aliphatic carbocycles. The first-order valence-electron chi connectivity index (χ1n) is 7.56. The molecule has 114 valence electrons. The largest absolute Gasteiger partial charge is 0.496 e. The smallest absolute Gasteiger partial charge is 0.238 e. The van der Waals surface area contributed by atoms with E-state index in [9.17, 15) is 9.90 Å². The molecule has 0 aromatic heterocycles.